The Bertz CT molecular complexity index is 944. The second kappa shape index (κ2) is 10.2. The second-order valence-electron chi connectivity index (χ2n) is 8.05. The first-order valence-electron chi connectivity index (χ1n) is 10.5. The van der Waals surface area contributed by atoms with Crippen LogP contribution in [0.4, 0.5) is 13.2 Å². The van der Waals surface area contributed by atoms with Crippen LogP contribution in [0.3, 0.4) is 0 Å². The molecule has 1 saturated heterocycles. The molecule has 0 aromatic heterocycles. The van der Waals surface area contributed by atoms with Gasteiger partial charge in [0.05, 0.1) is 11.5 Å². The van der Waals surface area contributed by atoms with Crippen LogP contribution in [0.15, 0.2) is 48.5 Å². The largest absolute Gasteiger partial charge is 0.416 e. The standard InChI is InChI=1S/C24H27F3N2O3/c1-16-7-9-17(10-8-16)23(31)29-14-20(18-5-3-6-19(13-18)24(25,26)27)21(15-29)22(30)28-11-4-12-32-2/h3,5-10,13,20-21H,4,11-12,14-15H2,1-2H3,(H,28,30). The van der Waals surface area contributed by atoms with E-state index in [9.17, 15) is 22.8 Å². The van der Waals surface area contributed by atoms with Crippen LogP contribution >= 0.6 is 0 Å². The number of carbonyl (C=O) groups is 2. The summed E-state index contributed by atoms with van der Waals surface area (Å²) in [6.07, 6.45) is -3.86. The molecule has 0 spiro atoms. The fraction of sp³-hybridized carbons (Fsp3) is 0.417. The number of nitrogens with zero attached hydrogens (tertiary/aromatic N) is 1. The smallest absolute Gasteiger partial charge is 0.385 e. The number of carbonyl (C=O) groups excluding carboxylic acids is 2. The lowest BCUT2D eigenvalue weighted by molar-refractivity contribution is -0.137. The van der Waals surface area contributed by atoms with Crippen molar-refractivity contribution in [2.24, 2.45) is 5.92 Å². The summed E-state index contributed by atoms with van der Waals surface area (Å²) < 4.78 is 44.7. The number of aryl methyl sites for hydroxylation is 1. The van der Waals surface area contributed by atoms with Crippen molar-refractivity contribution >= 4 is 11.8 Å². The van der Waals surface area contributed by atoms with E-state index in [1.165, 1.54) is 6.07 Å². The first kappa shape index (κ1) is 23.8. The minimum atomic E-state index is -4.48. The Kier molecular flexibility index (Phi) is 7.56. The molecule has 2 unspecified atom stereocenters. The molecule has 2 amide bonds. The van der Waals surface area contributed by atoms with Crippen molar-refractivity contribution in [2.45, 2.75) is 25.4 Å². The lowest BCUT2D eigenvalue weighted by atomic mass is 9.87. The van der Waals surface area contributed by atoms with Crippen molar-refractivity contribution in [3.63, 3.8) is 0 Å². The summed E-state index contributed by atoms with van der Waals surface area (Å²) in [5.41, 5.74) is 1.13. The second-order valence-corrected chi connectivity index (χ2v) is 8.05. The van der Waals surface area contributed by atoms with Crippen molar-refractivity contribution < 1.29 is 27.5 Å². The third-order valence-corrected chi connectivity index (χ3v) is 5.71. The van der Waals surface area contributed by atoms with E-state index in [4.69, 9.17) is 4.74 Å². The van der Waals surface area contributed by atoms with Crippen molar-refractivity contribution in [3.8, 4) is 0 Å². The van der Waals surface area contributed by atoms with Gasteiger partial charge in [-0.3, -0.25) is 9.59 Å². The van der Waals surface area contributed by atoms with Crippen LogP contribution in [0.5, 0.6) is 0 Å². The molecule has 1 heterocycles. The van der Waals surface area contributed by atoms with Crippen LogP contribution in [0.2, 0.25) is 0 Å². The lowest BCUT2D eigenvalue weighted by Gasteiger charge is -2.19. The summed E-state index contributed by atoms with van der Waals surface area (Å²) in [7, 11) is 1.57. The van der Waals surface area contributed by atoms with E-state index in [1.54, 1.807) is 30.2 Å². The molecule has 32 heavy (non-hydrogen) atoms. The molecule has 2 aromatic carbocycles. The van der Waals surface area contributed by atoms with Gasteiger partial charge in [-0.05, 0) is 37.1 Å². The minimum absolute atomic E-state index is 0.143. The highest BCUT2D eigenvalue weighted by atomic mass is 19.4. The number of hydrogen-bond donors (Lipinski definition) is 1. The normalized spacial score (nSPS) is 18.6. The predicted molar refractivity (Wildman–Crippen MR) is 114 cm³/mol. The van der Waals surface area contributed by atoms with Gasteiger partial charge in [-0.25, -0.2) is 0 Å². The first-order chi connectivity index (χ1) is 15.2. The van der Waals surface area contributed by atoms with Gasteiger partial charge in [-0.15, -0.1) is 0 Å². The molecule has 0 radical (unpaired) electrons. The van der Waals surface area contributed by atoms with E-state index in [2.05, 4.69) is 5.32 Å². The van der Waals surface area contributed by atoms with E-state index in [0.717, 1.165) is 17.7 Å². The van der Waals surface area contributed by atoms with E-state index in [0.29, 0.717) is 30.7 Å². The number of alkyl halides is 3. The highest BCUT2D eigenvalue weighted by molar-refractivity contribution is 5.95. The summed E-state index contributed by atoms with van der Waals surface area (Å²) in [6, 6.07) is 12.1. The molecule has 3 rings (SSSR count). The molecule has 2 atom stereocenters. The van der Waals surface area contributed by atoms with Gasteiger partial charge in [0.15, 0.2) is 0 Å². The third-order valence-electron chi connectivity index (χ3n) is 5.71. The quantitative estimate of drug-likeness (QED) is 0.651. The fourth-order valence-corrected chi connectivity index (χ4v) is 3.96. The predicted octanol–water partition coefficient (Wildman–Crippen LogP) is 4.02. The molecule has 172 valence electrons. The molecule has 0 aliphatic carbocycles. The molecule has 8 heteroatoms. The van der Waals surface area contributed by atoms with Gasteiger partial charge in [0.25, 0.3) is 5.91 Å². The Balaban J connectivity index is 1.85. The highest BCUT2D eigenvalue weighted by Crippen LogP contribution is 2.37. The van der Waals surface area contributed by atoms with Gasteiger partial charge in [0, 0.05) is 44.8 Å². The third kappa shape index (κ3) is 5.68. The van der Waals surface area contributed by atoms with E-state index in [1.807, 2.05) is 19.1 Å². The average Bonchev–Trinajstić information content (AvgIpc) is 3.22. The van der Waals surface area contributed by atoms with Gasteiger partial charge in [-0.1, -0.05) is 35.9 Å². The number of ether oxygens (including phenoxy) is 1. The Labute approximate surface area is 185 Å². The number of nitrogens with one attached hydrogen (secondary N) is 1. The van der Waals surface area contributed by atoms with Gasteiger partial charge < -0.3 is 15.0 Å². The van der Waals surface area contributed by atoms with Crippen molar-refractivity contribution in [3.05, 3.63) is 70.8 Å². The maximum atomic E-state index is 13.3. The van der Waals surface area contributed by atoms with E-state index >= 15 is 0 Å². The average molecular weight is 448 g/mol. The first-order valence-corrected chi connectivity index (χ1v) is 10.5. The van der Waals surface area contributed by atoms with E-state index in [-0.39, 0.29) is 24.9 Å². The lowest BCUT2D eigenvalue weighted by Crippen LogP contribution is -2.36. The number of rotatable bonds is 7. The van der Waals surface area contributed by atoms with Crippen LogP contribution in [0.25, 0.3) is 0 Å². The number of likely N-dealkylation sites (tertiary alicyclic amines) is 1. The molecular weight excluding hydrogens is 421 g/mol. The number of methoxy groups -OCH3 is 1. The molecule has 1 N–H and O–H groups in total. The molecule has 2 aromatic rings. The fourth-order valence-electron chi connectivity index (χ4n) is 3.96. The maximum absolute atomic E-state index is 13.3. The molecule has 1 fully saturated rings. The zero-order chi connectivity index (χ0) is 23.3. The number of hydrogen-bond acceptors (Lipinski definition) is 3. The van der Waals surface area contributed by atoms with Crippen LogP contribution in [-0.2, 0) is 15.7 Å². The topological polar surface area (TPSA) is 58.6 Å². The van der Waals surface area contributed by atoms with Gasteiger partial charge >= 0.3 is 6.18 Å². The van der Waals surface area contributed by atoms with Gasteiger partial charge in [0.2, 0.25) is 5.91 Å². The molecule has 1 aliphatic heterocycles. The van der Waals surface area contributed by atoms with Crippen LogP contribution in [0, 0.1) is 12.8 Å². The summed E-state index contributed by atoms with van der Waals surface area (Å²) in [5.74, 6) is -1.69. The summed E-state index contributed by atoms with van der Waals surface area (Å²) >= 11 is 0. The summed E-state index contributed by atoms with van der Waals surface area (Å²) in [5, 5.41) is 2.83. The van der Waals surface area contributed by atoms with Crippen LogP contribution in [0.1, 0.15) is 39.4 Å². The SMILES string of the molecule is COCCCNC(=O)C1CN(C(=O)c2ccc(C)cc2)CC1c1cccc(C(F)(F)F)c1. The van der Waals surface area contributed by atoms with Gasteiger partial charge in [0.1, 0.15) is 0 Å². The zero-order valence-corrected chi connectivity index (χ0v) is 18.1. The van der Waals surface area contributed by atoms with Crippen LogP contribution in [-0.4, -0.2) is 50.1 Å². The summed E-state index contributed by atoms with van der Waals surface area (Å²) in [6.45, 7) is 3.11. The van der Waals surface area contributed by atoms with Gasteiger partial charge in [-0.2, -0.15) is 13.2 Å². The van der Waals surface area contributed by atoms with Crippen molar-refractivity contribution in [2.75, 3.05) is 33.4 Å². The number of amides is 2. The van der Waals surface area contributed by atoms with Crippen molar-refractivity contribution in [1.29, 1.82) is 0 Å². The molecule has 0 bridgehead atoms. The number of benzene rings is 2. The maximum Gasteiger partial charge on any atom is 0.416 e. The Morgan fingerprint density at radius 3 is 2.50 bits per heavy atom. The monoisotopic (exact) mass is 448 g/mol. The zero-order valence-electron chi connectivity index (χ0n) is 18.1. The molecule has 5 nitrogen and oxygen atoms in total. The van der Waals surface area contributed by atoms with Crippen molar-refractivity contribution in [1.82, 2.24) is 10.2 Å². The Hall–Kier alpha value is -2.87. The molecule has 1 aliphatic rings. The highest BCUT2D eigenvalue weighted by Gasteiger charge is 2.41. The molecular formula is C24H27F3N2O3. The molecule has 0 saturated carbocycles. The summed E-state index contributed by atoms with van der Waals surface area (Å²) in [4.78, 5) is 27.5. The minimum Gasteiger partial charge on any atom is -0.385 e. The number of halogens is 3. The Morgan fingerprint density at radius 1 is 1.12 bits per heavy atom. The van der Waals surface area contributed by atoms with Crippen LogP contribution < -0.4 is 5.32 Å². The van der Waals surface area contributed by atoms with E-state index < -0.39 is 23.6 Å². The Morgan fingerprint density at radius 2 is 1.84 bits per heavy atom.